The number of carboxylic acids is 1. The van der Waals surface area contributed by atoms with Gasteiger partial charge in [-0.1, -0.05) is 6.08 Å². The Bertz CT molecular complexity index is 240. The van der Waals surface area contributed by atoms with Gasteiger partial charge in [-0.3, -0.25) is 0 Å². The average Bonchev–Trinajstić information content (AvgIpc) is 1.95. The molecule has 0 spiro atoms. The molecule has 3 heteroatoms. The molecule has 0 aromatic carbocycles. The van der Waals surface area contributed by atoms with Gasteiger partial charge in [0.15, 0.2) is 0 Å². The minimum atomic E-state index is -1.17. The van der Waals surface area contributed by atoms with Crippen molar-refractivity contribution in [1.82, 2.24) is 0 Å². The first-order chi connectivity index (χ1) is 5.07. The highest BCUT2D eigenvalue weighted by molar-refractivity contribution is 5.81. The van der Waals surface area contributed by atoms with Gasteiger partial charge < -0.3 is 9.84 Å². The first-order valence-electron chi connectivity index (χ1n) is 3.32. The van der Waals surface area contributed by atoms with Gasteiger partial charge in [0.1, 0.15) is 0 Å². The lowest BCUT2D eigenvalue weighted by Gasteiger charge is -2.27. The van der Waals surface area contributed by atoms with Crippen molar-refractivity contribution in [3.63, 3.8) is 0 Å². The third-order valence-electron chi connectivity index (χ3n) is 1.89. The van der Waals surface area contributed by atoms with Crippen LogP contribution in [-0.2, 0) is 9.53 Å². The molecular weight excluding hydrogens is 144 g/mol. The van der Waals surface area contributed by atoms with Crippen LogP contribution in [0.5, 0.6) is 0 Å². The quantitative estimate of drug-likeness (QED) is 0.619. The molecule has 1 heterocycles. The van der Waals surface area contributed by atoms with E-state index in [0.717, 1.165) is 0 Å². The van der Waals surface area contributed by atoms with Crippen molar-refractivity contribution >= 4 is 5.97 Å². The molecule has 1 N–H and O–H groups in total. The smallest absolute Gasteiger partial charge is 0.352 e. The van der Waals surface area contributed by atoms with Crippen LogP contribution in [0.15, 0.2) is 24.0 Å². The fraction of sp³-hybridized carbons (Fsp3) is 0.375. The predicted octanol–water partition coefficient (Wildman–Crippen LogP) is 1.32. The minimum Gasteiger partial charge on any atom is -0.479 e. The van der Waals surface area contributed by atoms with E-state index < -0.39 is 11.6 Å². The summed E-state index contributed by atoms with van der Waals surface area (Å²) in [5.74, 6) is -0.962. The molecule has 0 saturated heterocycles. The molecule has 1 aliphatic rings. The number of carboxylic acid groups (broad SMARTS) is 1. The molecule has 0 saturated carbocycles. The van der Waals surface area contributed by atoms with Gasteiger partial charge in [-0.15, -0.1) is 0 Å². The lowest BCUT2D eigenvalue weighted by atomic mass is 9.96. The largest absolute Gasteiger partial charge is 0.479 e. The summed E-state index contributed by atoms with van der Waals surface area (Å²) in [5.41, 5.74) is -0.470. The van der Waals surface area contributed by atoms with E-state index in [2.05, 4.69) is 0 Å². The van der Waals surface area contributed by atoms with Crippen LogP contribution in [0.25, 0.3) is 0 Å². The van der Waals surface area contributed by atoms with Crippen LogP contribution in [0.1, 0.15) is 13.8 Å². The summed E-state index contributed by atoms with van der Waals surface area (Å²) < 4.78 is 4.99. The van der Waals surface area contributed by atoms with Crippen molar-refractivity contribution in [3.05, 3.63) is 24.0 Å². The molecular formula is C8H10O3. The van der Waals surface area contributed by atoms with E-state index in [4.69, 9.17) is 9.84 Å². The Morgan fingerprint density at radius 3 is 2.73 bits per heavy atom. The highest BCUT2D eigenvalue weighted by atomic mass is 16.5. The van der Waals surface area contributed by atoms with Gasteiger partial charge in [-0.2, -0.15) is 0 Å². The molecule has 3 nitrogen and oxygen atoms in total. The zero-order valence-electron chi connectivity index (χ0n) is 6.50. The zero-order valence-corrected chi connectivity index (χ0v) is 6.50. The van der Waals surface area contributed by atoms with E-state index in [-0.39, 0.29) is 0 Å². The molecule has 1 rings (SSSR count). The Kier molecular flexibility index (Phi) is 1.72. The Balaban J connectivity index is 2.97. The lowest BCUT2D eigenvalue weighted by molar-refractivity contribution is -0.153. The Morgan fingerprint density at radius 2 is 2.36 bits per heavy atom. The second-order valence-corrected chi connectivity index (χ2v) is 2.63. The number of allylic oxidation sites excluding steroid dienone is 2. The number of ether oxygens (including phenoxy) is 1. The second-order valence-electron chi connectivity index (χ2n) is 2.63. The van der Waals surface area contributed by atoms with Crippen molar-refractivity contribution in [1.29, 1.82) is 0 Å². The fourth-order valence-corrected chi connectivity index (χ4v) is 0.830. The van der Waals surface area contributed by atoms with Crippen molar-refractivity contribution in [3.8, 4) is 0 Å². The molecule has 60 valence electrons. The topological polar surface area (TPSA) is 46.5 Å². The van der Waals surface area contributed by atoms with Gasteiger partial charge in [0.25, 0.3) is 0 Å². The first-order valence-corrected chi connectivity index (χ1v) is 3.32. The molecule has 1 aliphatic heterocycles. The SMILES string of the molecule is CC1=CC=COC1(C)C(=O)O. The van der Waals surface area contributed by atoms with E-state index in [1.165, 1.54) is 13.2 Å². The number of hydrogen-bond donors (Lipinski definition) is 1. The Labute approximate surface area is 65.0 Å². The normalized spacial score (nSPS) is 29.1. The Morgan fingerprint density at radius 1 is 1.73 bits per heavy atom. The summed E-state index contributed by atoms with van der Waals surface area (Å²) >= 11 is 0. The summed E-state index contributed by atoms with van der Waals surface area (Å²) in [6.07, 6.45) is 4.80. The molecule has 0 bridgehead atoms. The van der Waals surface area contributed by atoms with Crippen molar-refractivity contribution in [2.75, 3.05) is 0 Å². The summed E-state index contributed by atoms with van der Waals surface area (Å²) in [6, 6.07) is 0. The van der Waals surface area contributed by atoms with E-state index in [9.17, 15) is 4.79 Å². The summed E-state index contributed by atoms with van der Waals surface area (Å²) in [7, 11) is 0. The first kappa shape index (κ1) is 7.85. The Hall–Kier alpha value is -1.25. The number of carbonyl (C=O) groups is 1. The van der Waals surface area contributed by atoms with Crippen LogP contribution in [-0.4, -0.2) is 16.7 Å². The maximum Gasteiger partial charge on any atom is 0.352 e. The maximum absolute atomic E-state index is 10.7. The summed E-state index contributed by atoms with van der Waals surface area (Å²) in [4.78, 5) is 10.7. The molecule has 0 amide bonds. The third kappa shape index (κ3) is 1.13. The summed E-state index contributed by atoms with van der Waals surface area (Å²) in [5, 5.41) is 8.77. The number of rotatable bonds is 1. The van der Waals surface area contributed by atoms with Crippen molar-refractivity contribution < 1.29 is 14.6 Å². The monoisotopic (exact) mass is 154 g/mol. The zero-order chi connectivity index (χ0) is 8.48. The van der Waals surface area contributed by atoms with Crippen molar-refractivity contribution in [2.24, 2.45) is 0 Å². The van der Waals surface area contributed by atoms with Crippen LogP contribution in [0.4, 0.5) is 0 Å². The molecule has 0 aromatic heterocycles. The van der Waals surface area contributed by atoms with E-state index in [1.807, 2.05) is 0 Å². The number of hydrogen-bond acceptors (Lipinski definition) is 2. The van der Waals surface area contributed by atoms with Crippen molar-refractivity contribution in [2.45, 2.75) is 19.4 Å². The van der Waals surface area contributed by atoms with Crippen LogP contribution in [0.2, 0.25) is 0 Å². The van der Waals surface area contributed by atoms with Crippen LogP contribution in [0.3, 0.4) is 0 Å². The highest BCUT2D eigenvalue weighted by Gasteiger charge is 2.37. The second kappa shape index (κ2) is 2.42. The van der Waals surface area contributed by atoms with Gasteiger partial charge in [0.2, 0.25) is 5.60 Å². The highest BCUT2D eigenvalue weighted by Crippen LogP contribution is 2.24. The van der Waals surface area contributed by atoms with Crippen LogP contribution in [0, 0.1) is 0 Å². The van der Waals surface area contributed by atoms with Crippen LogP contribution >= 0.6 is 0 Å². The van der Waals surface area contributed by atoms with Crippen LogP contribution < -0.4 is 0 Å². The average molecular weight is 154 g/mol. The van der Waals surface area contributed by atoms with E-state index >= 15 is 0 Å². The minimum absolute atomic E-state index is 0.701. The van der Waals surface area contributed by atoms with Gasteiger partial charge in [0, 0.05) is 0 Å². The molecule has 1 atom stereocenters. The lowest BCUT2D eigenvalue weighted by Crippen LogP contribution is -2.39. The molecule has 0 aromatic rings. The molecule has 0 aliphatic carbocycles. The third-order valence-corrected chi connectivity index (χ3v) is 1.89. The van der Waals surface area contributed by atoms with Gasteiger partial charge in [-0.05, 0) is 25.5 Å². The van der Waals surface area contributed by atoms with Gasteiger partial charge in [0.05, 0.1) is 6.26 Å². The molecule has 11 heavy (non-hydrogen) atoms. The predicted molar refractivity (Wildman–Crippen MR) is 40.0 cm³/mol. The number of aliphatic carboxylic acids is 1. The van der Waals surface area contributed by atoms with E-state index in [1.54, 1.807) is 19.1 Å². The fourth-order valence-electron chi connectivity index (χ4n) is 0.830. The molecule has 0 radical (unpaired) electrons. The van der Waals surface area contributed by atoms with E-state index in [0.29, 0.717) is 5.57 Å². The van der Waals surface area contributed by atoms with Gasteiger partial charge >= 0.3 is 5.97 Å². The maximum atomic E-state index is 10.7. The molecule has 1 unspecified atom stereocenters. The summed E-state index contributed by atoms with van der Waals surface area (Å²) in [6.45, 7) is 3.27. The standard InChI is InChI=1S/C8H10O3/c1-6-4-3-5-11-8(6,2)7(9)10/h3-5H,1-2H3,(H,9,10). The molecule has 0 fully saturated rings. The van der Waals surface area contributed by atoms with Gasteiger partial charge in [-0.25, -0.2) is 4.79 Å².